The molecule has 0 spiro atoms. The maximum absolute atomic E-state index is 5.80. The van der Waals surface area contributed by atoms with Crippen LogP contribution in [0.5, 0.6) is 0 Å². The van der Waals surface area contributed by atoms with Crippen LogP contribution < -0.4 is 5.01 Å². The fraction of sp³-hybridized carbons (Fsp3) is 0.286. The lowest BCUT2D eigenvalue weighted by Gasteiger charge is -2.18. The van der Waals surface area contributed by atoms with Gasteiger partial charge in [-0.15, -0.1) is 11.3 Å². The quantitative estimate of drug-likeness (QED) is 0.301. The van der Waals surface area contributed by atoms with Crippen LogP contribution in [-0.2, 0) is 6.42 Å². The standard InChI is InChI=1S/C28H29N3OS/c1-18(2)14-21-8-11-22(12-9-21)24-16-26(27-6-5-13-32-27)31(30-24)28-29-25(17-33-28)23-10-7-19(3)20(4)15-23/h5-13,15,17-18,26H,14,16H2,1-4H3/t26-/m0/s1. The molecule has 1 aliphatic rings. The summed E-state index contributed by atoms with van der Waals surface area (Å²) in [5.41, 5.74) is 8.28. The predicted octanol–water partition coefficient (Wildman–Crippen LogP) is 7.57. The van der Waals surface area contributed by atoms with Gasteiger partial charge in [0.25, 0.3) is 0 Å². The monoisotopic (exact) mass is 455 g/mol. The van der Waals surface area contributed by atoms with Crippen LogP contribution in [0.1, 0.15) is 54.3 Å². The van der Waals surface area contributed by atoms with Gasteiger partial charge in [0.2, 0.25) is 5.13 Å². The summed E-state index contributed by atoms with van der Waals surface area (Å²) >= 11 is 1.63. The number of aryl methyl sites for hydroxylation is 2. The molecule has 0 radical (unpaired) electrons. The Kier molecular flexibility index (Phi) is 5.90. The van der Waals surface area contributed by atoms with Crippen molar-refractivity contribution in [1.29, 1.82) is 0 Å². The van der Waals surface area contributed by atoms with Gasteiger partial charge in [-0.3, -0.25) is 0 Å². The fourth-order valence-corrected chi connectivity index (χ4v) is 5.10. The topological polar surface area (TPSA) is 41.6 Å². The van der Waals surface area contributed by atoms with Crippen LogP contribution in [0.25, 0.3) is 11.3 Å². The summed E-state index contributed by atoms with van der Waals surface area (Å²) < 4.78 is 5.80. The Balaban J connectivity index is 1.47. The van der Waals surface area contributed by atoms with E-state index in [1.54, 1.807) is 17.6 Å². The van der Waals surface area contributed by atoms with Crippen LogP contribution in [0.2, 0.25) is 0 Å². The van der Waals surface area contributed by atoms with E-state index in [9.17, 15) is 0 Å². The summed E-state index contributed by atoms with van der Waals surface area (Å²) in [6, 6.07) is 19.3. The molecule has 4 nitrogen and oxygen atoms in total. The van der Waals surface area contributed by atoms with E-state index >= 15 is 0 Å². The molecule has 0 saturated heterocycles. The van der Waals surface area contributed by atoms with Crippen molar-refractivity contribution in [3.05, 3.63) is 94.3 Å². The van der Waals surface area contributed by atoms with Gasteiger partial charge in [-0.2, -0.15) is 5.10 Å². The first-order valence-electron chi connectivity index (χ1n) is 11.5. The van der Waals surface area contributed by atoms with Crippen LogP contribution in [-0.4, -0.2) is 10.7 Å². The molecule has 0 aliphatic carbocycles. The van der Waals surface area contributed by atoms with Gasteiger partial charge < -0.3 is 4.42 Å². The van der Waals surface area contributed by atoms with Crippen molar-refractivity contribution in [3.8, 4) is 11.3 Å². The SMILES string of the molecule is Cc1ccc(-c2csc(N3N=C(c4ccc(CC(C)C)cc4)C[C@H]3c3ccco3)n2)cc1C. The Morgan fingerprint density at radius 1 is 1.03 bits per heavy atom. The highest BCUT2D eigenvalue weighted by molar-refractivity contribution is 7.14. The zero-order chi connectivity index (χ0) is 22.9. The number of hydrogen-bond acceptors (Lipinski definition) is 5. The summed E-state index contributed by atoms with van der Waals surface area (Å²) in [5.74, 6) is 1.56. The van der Waals surface area contributed by atoms with Crippen molar-refractivity contribution in [3.63, 3.8) is 0 Å². The average Bonchev–Trinajstić information content (AvgIpc) is 3.55. The molecule has 0 N–H and O–H groups in total. The smallest absolute Gasteiger partial charge is 0.207 e. The molecule has 0 saturated carbocycles. The summed E-state index contributed by atoms with van der Waals surface area (Å²) in [5, 5.41) is 10.1. The van der Waals surface area contributed by atoms with Crippen molar-refractivity contribution in [2.75, 3.05) is 5.01 Å². The lowest BCUT2D eigenvalue weighted by atomic mass is 9.98. The number of nitrogens with zero attached hydrogens (tertiary/aromatic N) is 3. The fourth-order valence-electron chi connectivity index (χ4n) is 4.27. The van der Waals surface area contributed by atoms with Crippen molar-refractivity contribution < 1.29 is 4.42 Å². The largest absolute Gasteiger partial charge is 0.467 e. The van der Waals surface area contributed by atoms with Gasteiger partial charge in [-0.1, -0.05) is 50.2 Å². The number of anilines is 1. The van der Waals surface area contributed by atoms with Crippen molar-refractivity contribution in [2.45, 2.75) is 46.6 Å². The second-order valence-electron chi connectivity index (χ2n) is 9.24. The molecule has 2 aromatic carbocycles. The van der Waals surface area contributed by atoms with E-state index in [2.05, 4.69) is 75.5 Å². The van der Waals surface area contributed by atoms with E-state index in [0.717, 1.165) is 46.3 Å². The Hall–Kier alpha value is -3.18. The molecule has 1 atom stereocenters. The van der Waals surface area contributed by atoms with E-state index in [1.807, 2.05) is 17.1 Å². The molecule has 3 heterocycles. The average molecular weight is 456 g/mol. The zero-order valence-corrected chi connectivity index (χ0v) is 20.4. The lowest BCUT2D eigenvalue weighted by molar-refractivity contribution is 0.465. The maximum atomic E-state index is 5.80. The van der Waals surface area contributed by atoms with Crippen molar-refractivity contribution in [2.24, 2.45) is 11.0 Å². The Morgan fingerprint density at radius 3 is 2.52 bits per heavy atom. The van der Waals surface area contributed by atoms with Gasteiger partial charge in [-0.05, 0) is 66.6 Å². The van der Waals surface area contributed by atoms with Crippen LogP contribution in [0.3, 0.4) is 0 Å². The molecule has 0 unspecified atom stereocenters. The van der Waals surface area contributed by atoms with E-state index in [1.165, 1.54) is 16.7 Å². The van der Waals surface area contributed by atoms with Crippen LogP contribution in [0, 0.1) is 19.8 Å². The van der Waals surface area contributed by atoms with Gasteiger partial charge in [0.05, 0.1) is 17.7 Å². The summed E-state index contributed by atoms with van der Waals surface area (Å²) in [7, 11) is 0. The number of furan rings is 1. The number of rotatable bonds is 6. The molecule has 1 aliphatic heterocycles. The minimum absolute atomic E-state index is 0.00379. The summed E-state index contributed by atoms with van der Waals surface area (Å²) in [6.07, 6.45) is 3.61. The Labute approximate surface area is 199 Å². The first-order valence-corrected chi connectivity index (χ1v) is 12.4. The Morgan fingerprint density at radius 2 is 1.82 bits per heavy atom. The van der Waals surface area contributed by atoms with E-state index in [0.29, 0.717) is 5.92 Å². The summed E-state index contributed by atoms with van der Waals surface area (Å²) in [4.78, 5) is 4.96. The second-order valence-corrected chi connectivity index (χ2v) is 10.1. The van der Waals surface area contributed by atoms with Gasteiger partial charge in [0.15, 0.2) is 0 Å². The minimum Gasteiger partial charge on any atom is -0.467 e. The van der Waals surface area contributed by atoms with E-state index in [4.69, 9.17) is 14.5 Å². The third kappa shape index (κ3) is 4.51. The maximum Gasteiger partial charge on any atom is 0.207 e. The number of benzene rings is 2. The van der Waals surface area contributed by atoms with Crippen molar-refractivity contribution in [1.82, 2.24) is 4.98 Å². The third-order valence-corrected chi connectivity index (χ3v) is 7.03. The highest BCUT2D eigenvalue weighted by Crippen LogP contribution is 2.39. The van der Waals surface area contributed by atoms with Crippen LogP contribution in [0.15, 0.2) is 75.8 Å². The number of hydrogen-bond donors (Lipinski definition) is 0. The molecule has 0 fully saturated rings. The first-order chi connectivity index (χ1) is 16.0. The molecule has 5 heteroatoms. The van der Waals surface area contributed by atoms with E-state index < -0.39 is 0 Å². The molecular weight excluding hydrogens is 426 g/mol. The van der Waals surface area contributed by atoms with Gasteiger partial charge in [-0.25, -0.2) is 9.99 Å². The van der Waals surface area contributed by atoms with Crippen LogP contribution in [0.4, 0.5) is 5.13 Å². The number of thiazole rings is 1. The minimum atomic E-state index is 0.00379. The second kappa shape index (κ2) is 8.99. The third-order valence-electron chi connectivity index (χ3n) is 6.20. The molecule has 0 amide bonds. The lowest BCUT2D eigenvalue weighted by Crippen LogP contribution is -2.17. The van der Waals surface area contributed by atoms with Gasteiger partial charge in [0, 0.05) is 17.4 Å². The molecule has 33 heavy (non-hydrogen) atoms. The summed E-state index contributed by atoms with van der Waals surface area (Å²) in [6.45, 7) is 8.78. The number of hydrazone groups is 1. The predicted molar refractivity (Wildman–Crippen MR) is 137 cm³/mol. The van der Waals surface area contributed by atoms with Crippen LogP contribution >= 0.6 is 11.3 Å². The molecule has 168 valence electrons. The molecule has 4 aromatic rings. The first kappa shape index (κ1) is 21.7. The highest BCUT2D eigenvalue weighted by Gasteiger charge is 2.33. The molecule has 0 bridgehead atoms. The van der Waals surface area contributed by atoms with Gasteiger partial charge in [0.1, 0.15) is 11.8 Å². The normalized spacial score (nSPS) is 16.0. The Bertz CT molecular complexity index is 1270. The molecule has 5 rings (SSSR count). The zero-order valence-electron chi connectivity index (χ0n) is 19.6. The molecular formula is C28H29N3OS. The number of aromatic nitrogens is 1. The molecule has 2 aromatic heterocycles. The van der Waals surface area contributed by atoms with E-state index in [-0.39, 0.29) is 6.04 Å². The van der Waals surface area contributed by atoms with Crippen molar-refractivity contribution >= 4 is 22.2 Å². The van der Waals surface area contributed by atoms with Gasteiger partial charge >= 0.3 is 0 Å². The highest BCUT2D eigenvalue weighted by atomic mass is 32.1.